The van der Waals surface area contributed by atoms with Crippen molar-refractivity contribution in [1.29, 1.82) is 0 Å². The third-order valence-electron chi connectivity index (χ3n) is 2.98. The fourth-order valence-electron chi connectivity index (χ4n) is 1.94. The average Bonchev–Trinajstić information content (AvgIpc) is 2.46. The normalized spacial score (nSPS) is 20.0. The van der Waals surface area contributed by atoms with Crippen molar-refractivity contribution >= 4 is 11.7 Å². The van der Waals surface area contributed by atoms with Gasteiger partial charge in [0.1, 0.15) is 23.3 Å². The van der Waals surface area contributed by atoms with Crippen molar-refractivity contribution in [3.05, 3.63) is 35.4 Å². The van der Waals surface area contributed by atoms with Crippen LogP contribution in [0.1, 0.15) is 10.4 Å². The van der Waals surface area contributed by atoms with E-state index in [4.69, 9.17) is 15.7 Å². The number of hydrogen-bond donors (Lipinski definition) is 2. The Balaban J connectivity index is 2.21. The molecule has 0 bridgehead atoms. The predicted molar refractivity (Wildman–Crippen MR) is 65.4 cm³/mol. The number of morpholine rings is 1. The molecule has 1 unspecified atom stereocenters. The summed E-state index contributed by atoms with van der Waals surface area (Å²) >= 11 is 0. The lowest BCUT2D eigenvalue weighted by Gasteiger charge is -2.32. The SMILES string of the molecule is NC(=NO)C1CN(C(=O)c2c(F)cccc2F)CCO1. The lowest BCUT2D eigenvalue weighted by molar-refractivity contribution is 0.00631. The molecule has 20 heavy (non-hydrogen) atoms. The van der Waals surface area contributed by atoms with E-state index in [0.29, 0.717) is 0 Å². The van der Waals surface area contributed by atoms with E-state index in [1.54, 1.807) is 0 Å². The first-order valence-corrected chi connectivity index (χ1v) is 5.87. The summed E-state index contributed by atoms with van der Waals surface area (Å²) in [5.74, 6) is -2.85. The number of benzene rings is 1. The van der Waals surface area contributed by atoms with Gasteiger partial charge in [-0.15, -0.1) is 0 Å². The second-order valence-electron chi connectivity index (χ2n) is 4.23. The van der Waals surface area contributed by atoms with Gasteiger partial charge in [0.05, 0.1) is 13.2 Å². The van der Waals surface area contributed by atoms with Crippen LogP contribution < -0.4 is 5.73 Å². The molecule has 0 radical (unpaired) electrons. The van der Waals surface area contributed by atoms with Crippen molar-refractivity contribution < 1.29 is 23.5 Å². The number of carbonyl (C=O) groups is 1. The molecule has 6 nitrogen and oxygen atoms in total. The topological polar surface area (TPSA) is 88.2 Å². The van der Waals surface area contributed by atoms with Gasteiger partial charge >= 0.3 is 0 Å². The zero-order valence-electron chi connectivity index (χ0n) is 10.4. The minimum Gasteiger partial charge on any atom is -0.409 e. The highest BCUT2D eigenvalue weighted by molar-refractivity contribution is 5.95. The molecule has 0 spiro atoms. The molecule has 1 heterocycles. The Morgan fingerprint density at radius 1 is 1.45 bits per heavy atom. The third kappa shape index (κ3) is 2.69. The van der Waals surface area contributed by atoms with Crippen LogP contribution in [0.25, 0.3) is 0 Å². The number of amides is 1. The summed E-state index contributed by atoms with van der Waals surface area (Å²) in [7, 11) is 0. The molecule has 1 aliphatic heterocycles. The average molecular weight is 285 g/mol. The van der Waals surface area contributed by atoms with Gasteiger partial charge < -0.3 is 20.6 Å². The highest BCUT2D eigenvalue weighted by Crippen LogP contribution is 2.17. The first-order valence-electron chi connectivity index (χ1n) is 5.87. The number of halogens is 2. The van der Waals surface area contributed by atoms with Crippen molar-refractivity contribution in [2.45, 2.75) is 6.10 Å². The molecule has 3 N–H and O–H groups in total. The molecule has 1 saturated heterocycles. The number of carbonyl (C=O) groups excluding carboxylic acids is 1. The van der Waals surface area contributed by atoms with Crippen LogP contribution in [-0.4, -0.2) is 47.7 Å². The van der Waals surface area contributed by atoms with Crippen molar-refractivity contribution in [3.8, 4) is 0 Å². The molecule has 0 saturated carbocycles. The van der Waals surface area contributed by atoms with E-state index in [9.17, 15) is 13.6 Å². The smallest absolute Gasteiger partial charge is 0.260 e. The van der Waals surface area contributed by atoms with Crippen LogP contribution in [0, 0.1) is 11.6 Å². The maximum absolute atomic E-state index is 13.6. The summed E-state index contributed by atoms with van der Waals surface area (Å²) in [6, 6.07) is 3.20. The van der Waals surface area contributed by atoms with Gasteiger partial charge in [-0.2, -0.15) is 0 Å². The van der Waals surface area contributed by atoms with E-state index in [2.05, 4.69) is 5.16 Å². The van der Waals surface area contributed by atoms with E-state index in [1.807, 2.05) is 0 Å². The summed E-state index contributed by atoms with van der Waals surface area (Å²) < 4.78 is 32.4. The third-order valence-corrected chi connectivity index (χ3v) is 2.98. The van der Waals surface area contributed by atoms with E-state index in [1.165, 1.54) is 11.0 Å². The van der Waals surface area contributed by atoms with Gasteiger partial charge in [0, 0.05) is 6.54 Å². The molecule has 1 amide bonds. The molecule has 8 heteroatoms. The van der Waals surface area contributed by atoms with Gasteiger partial charge in [-0.3, -0.25) is 4.79 Å². The Kier molecular flexibility index (Phi) is 4.14. The highest BCUT2D eigenvalue weighted by Gasteiger charge is 2.30. The molecule has 0 aliphatic carbocycles. The first-order chi connectivity index (χ1) is 9.54. The predicted octanol–water partition coefficient (Wildman–Crippen LogP) is 0.552. The Morgan fingerprint density at radius 3 is 2.70 bits per heavy atom. The van der Waals surface area contributed by atoms with E-state index >= 15 is 0 Å². The molecular formula is C12H13F2N3O3. The molecule has 1 aliphatic rings. The number of oxime groups is 1. The van der Waals surface area contributed by atoms with Crippen molar-refractivity contribution in [1.82, 2.24) is 4.90 Å². The van der Waals surface area contributed by atoms with Crippen molar-refractivity contribution in [3.63, 3.8) is 0 Å². The van der Waals surface area contributed by atoms with Crippen molar-refractivity contribution in [2.75, 3.05) is 19.7 Å². The number of nitrogens with zero attached hydrogens (tertiary/aromatic N) is 2. The van der Waals surface area contributed by atoms with Crippen LogP contribution in [-0.2, 0) is 4.74 Å². The van der Waals surface area contributed by atoms with Gasteiger partial charge in [-0.05, 0) is 12.1 Å². The van der Waals surface area contributed by atoms with E-state index < -0.39 is 29.2 Å². The standard InChI is InChI=1S/C12H13F2N3O3/c13-7-2-1-3-8(14)10(7)12(18)17-4-5-20-9(6-17)11(15)16-19/h1-3,9,19H,4-6H2,(H2,15,16). The summed E-state index contributed by atoms with van der Waals surface area (Å²) in [4.78, 5) is 13.3. The Bertz CT molecular complexity index is 530. The van der Waals surface area contributed by atoms with Gasteiger partial charge in [0.2, 0.25) is 0 Å². The van der Waals surface area contributed by atoms with Gasteiger partial charge in [0.15, 0.2) is 5.84 Å². The Labute approximate surface area is 113 Å². The molecule has 1 atom stereocenters. The summed E-state index contributed by atoms with van der Waals surface area (Å²) in [6.45, 7) is 0.257. The van der Waals surface area contributed by atoms with Crippen LogP contribution in [0.4, 0.5) is 8.78 Å². The molecule has 1 aromatic rings. The number of amidine groups is 1. The maximum Gasteiger partial charge on any atom is 0.260 e. The summed E-state index contributed by atoms with van der Waals surface area (Å²) in [5.41, 5.74) is 4.78. The fourth-order valence-corrected chi connectivity index (χ4v) is 1.94. The number of hydrogen-bond acceptors (Lipinski definition) is 4. The molecule has 2 rings (SSSR count). The van der Waals surface area contributed by atoms with Gasteiger partial charge in [-0.1, -0.05) is 11.2 Å². The highest BCUT2D eigenvalue weighted by atomic mass is 19.1. The van der Waals surface area contributed by atoms with Crippen molar-refractivity contribution in [2.24, 2.45) is 10.9 Å². The monoisotopic (exact) mass is 285 g/mol. The van der Waals surface area contributed by atoms with E-state index in [0.717, 1.165) is 12.1 Å². The number of nitrogens with two attached hydrogens (primary N) is 1. The summed E-state index contributed by atoms with van der Waals surface area (Å²) in [5, 5.41) is 11.4. The molecule has 1 aromatic carbocycles. The zero-order chi connectivity index (χ0) is 14.7. The van der Waals surface area contributed by atoms with Gasteiger partial charge in [0.25, 0.3) is 5.91 Å². The molecule has 0 aromatic heterocycles. The Hall–Kier alpha value is -2.22. The van der Waals surface area contributed by atoms with Crippen LogP contribution in [0.5, 0.6) is 0 Å². The first kappa shape index (κ1) is 14.2. The minimum atomic E-state index is -0.929. The Morgan fingerprint density at radius 2 is 2.10 bits per heavy atom. The minimum absolute atomic E-state index is 0.0392. The summed E-state index contributed by atoms with van der Waals surface area (Å²) in [6.07, 6.45) is -0.799. The number of ether oxygens (including phenoxy) is 1. The lowest BCUT2D eigenvalue weighted by Crippen LogP contribution is -2.50. The maximum atomic E-state index is 13.6. The van der Waals surface area contributed by atoms with Crippen LogP contribution in [0.3, 0.4) is 0 Å². The second-order valence-corrected chi connectivity index (χ2v) is 4.23. The van der Waals surface area contributed by atoms with Crippen LogP contribution in [0.15, 0.2) is 23.4 Å². The molecule has 108 valence electrons. The van der Waals surface area contributed by atoms with E-state index in [-0.39, 0.29) is 25.5 Å². The van der Waals surface area contributed by atoms with Crippen LogP contribution in [0.2, 0.25) is 0 Å². The number of rotatable bonds is 2. The van der Waals surface area contributed by atoms with Crippen LogP contribution >= 0.6 is 0 Å². The van der Waals surface area contributed by atoms with Gasteiger partial charge in [-0.25, -0.2) is 8.78 Å². The molecular weight excluding hydrogens is 272 g/mol. The zero-order valence-corrected chi connectivity index (χ0v) is 10.4. The molecule has 1 fully saturated rings. The quantitative estimate of drug-likeness (QED) is 0.359. The second kappa shape index (κ2) is 5.83. The fraction of sp³-hybridized carbons (Fsp3) is 0.333. The lowest BCUT2D eigenvalue weighted by atomic mass is 10.1. The largest absolute Gasteiger partial charge is 0.409 e.